The lowest BCUT2D eigenvalue weighted by Gasteiger charge is -2.26. The van der Waals surface area contributed by atoms with Crippen LogP contribution < -0.4 is 5.32 Å². The molecular weight excluding hydrogens is 309 g/mol. The Kier molecular flexibility index (Phi) is 4.44. The van der Waals surface area contributed by atoms with Gasteiger partial charge in [-0.1, -0.05) is 29.8 Å². The van der Waals surface area contributed by atoms with Crippen LogP contribution in [0.4, 0.5) is 4.39 Å². The Morgan fingerprint density at radius 2 is 1.91 bits per heavy atom. The number of carbonyl (C=O) groups is 1. The first-order chi connectivity index (χ1) is 11.0. The number of aryl methyl sites for hydroxylation is 3. The lowest BCUT2D eigenvalue weighted by atomic mass is 9.97. The zero-order chi connectivity index (χ0) is 16.6. The van der Waals surface area contributed by atoms with Crippen LogP contribution in [0.25, 0.3) is 0 Å². The summed E-state index contributed by atoms with van der Waals surface area (Å²) in [7, 11) is 0. The van der Waals surface area contributed by atoms with E-state index in [9.17, 15) is 9.18 Å². The van der Waals surface area contributed by atoms with E-state index in [0.29, 0.717) is 4.90 Å². The molecule has 0 aromatic heterocycles. The van der Waals surface area contributed by atoms with Crippen molar-refractivity contribution in [2.75, 3.05) is 5.75 Å². The molecule has 1 aliphatic rings. The zero-order valence-corrected chi connectivity index (χ0v) is 14.4. The molecule has 1 atom stereocenters. The van der Waals surface area contributed by atoms with Gasteiger partial charge in [-0.05, 0) is 49.9 Å². The molecule has 3 rings (SSSR count). The van der Waals surface area contributed by atoms with E-state index in [1.165, 1.54) is 17.8 Å². The largest absolute Gasteiger partial charge is 0.345 e. The van der Waals surface area contributed by atoms with Crippen molar-refractivity contribution < 1.29 is 9.18 Å². The number of carbonyl (C=O) groups excluding carboxylic acids is 1. The monoisotopic (exact) mass is 329 g/mol. The Morgan fingerprint density at radius 1 is 1.22 bits per heavy atom. The number of rotatable bonds is 2. The van der Waals surface area contributed by atoms with Crippen LogP contribution in [0.2, 0.25) is 0 Å². The highest BCUT2D eigenvalue weighted by Crippen LogP contribution is 2.37. The zero-order valence-electron chi connectivity index (χ0n) is 13.6. The van der Waals surface area contributed by atoms with E-state index in [1.807, 2.05) is 39.0 Å². The van der Waals surface area contributed by atoms with Crippen molar-refractivity contribution in [3.05, 3.63) is 64.0 Å². The van der Waals surface area contributed by atoms with E-state index in [1.54, 1.807) is 6.07 Å². The van der Waals surface area contributed by atoms with Gasteiger partial charge in [0.2, 0.25) is 0 Å². The van der Waals surface area contributed by atoms with Crippen LogP contribution >= 0.6 is 11.8 Å². The van der Waals surface area contributed by atoms with Crippen LogP contribution in [0.1, 0.15) is 45.1 Å². The van der Waals surface area contributed by atoms with Crippen LogP contribution in [0.3, 0.4) is 0 Å². The first kappa shape index (κ1) is 16.1. The van der Waals surface area contributed by atoms with Crippen LogP contribution in [0, 0.1) is 26.6 Å². The summed E-state index contributed by atoms with van der Waals surface area (Å²) < 4.78 is 13.9. The minimum atomic E-state index is -0.200. The number of thioether (sulfide) groups is 1. The standard InChI is InChI=1S/C19H20FNOS/c1-11-9-12(2)17(13(3)10-11)19(22)21-16-7-8-23-18-14(16)5-4-6-15(18)20/h4-6,9-10,16H,7-8H2,1-3H3,(H,21,22). The van der Waals surface area contributed by atoms with Crippen LogP contribution in [0.5, 0.6) is 0 Å². The highest BCUT2D eigenvalue weighted by molar-refractivity contribution is 7.99. The van der Waals surface area contributed by atoms with E-state index in [2.05, 4.69) is 5.32 Å². The van der Waals surface area contributed by atoms with Crippen LogP contribution in [-0.2, 0) is 0 Å². The fraction of sp³-hybridized carbons (Fsp3) is 0.316. The highest BCUT2D eigenvalue weighted by Gasteiger charge is 2.25. The Morgan fingerprint density at radius 3 is 2.61 bits per heavy atom. The molecule has 23 heavy (non-hydrogen) atoms. The minimum Gasteiger partial charge on any atom is -0.345 e. The molecular formula is C19H20FNOS. The fourth-order valence-corrected chi connectivity index (χ4v) is 4.45. The Labute approximate surface area is 140 Å². The van der Waals surface area contributed by atoms with Crippen molar-refractivity contribution in [3.63, 3.8) is 0 Å². The summed E-state index contributed by atoms with van der Waals surface area (Å²) >= 11 is 1.52. The number of amides is 1. The lowest BCUT2D eigenvalue weighted by molar-refractivity contribution is 0.0933. The molecule has 0 spiro atoms. The molecule has 0 aliphatic carbocycles. The van der Waals surface area contributed by atoms with Crippen LogP contribution in [-0.4, -0.2) is 11.7 Å². The van der Waals surface area contributed by atoms with Gasteiger partial charge in [0, 0.05) is 16.2 Å². The van der Waals surface area contributed by atoms with Crippen molar-refractivity contribution in [2.24, 2.45) is 0 Å². The maximum absolute atomic E-state index is 13.9. The fourth-order valence-electron chi connectivity index (χ4n) is 3.31. The topological polar surface area (TPSA) is 29.1 Å². The van der Waals surface area contributed by atoms with Crippen molar-refractivity contribution in [3.8, 4) is 0 Å². The summed E-state index contributed by atoms with van der Waals surface area (Å²) in [5, 5.41) is 3.10. The SMILES string of the molecule is Cc1cc(C)c(C(=O)NC2CCSc3c(F)cccc32)c(C)c1. The average Bonchev–Trinajstić information content (AvgIpc) is 2.47. The maximum Gasteiger partial charge on any atom is 0.252 e. The third kappa shape index (κ3) is 3.13. The summed E-state index contributed by atoms with van der Waals surface area (Å²) in [5.74, 6) is 0.534. The normalized spacial score (nSPS) is 16.8. The molecule has 1 aliphatic heterocycles. The van der Waals surface area contributed by atoms with E-state index < -0.39 is 0 Å². The molecule has 0 saturated heterocycles. The van der Waals surface area contributed by atoms with Gasteiger partial charge in [0.15, 0.2) is 0 Å². The van der Waals surface area contributed by atoms with E-state index in [4.69, 9.17) is 0 Å². The number of hydrogen-bond acceptors (Lipinski definition) is 2. The van der Waals surface area contributed by atoms with Crippen molar-refractivity contribution in [1.29, 1.82) is 0 Å². The molecule has 0 saturated carbocycles. The quantitative estimate of drug-likeness (QED) is 0.864. The predicted octanol–water partition coefficient (Wildman–Crippen LogP) is 4.72. The van der Waals surface area contributed by atoms with Gasteiger partial charge < -0.3 is 5.32 Å². The predicted molar refractivity (Wildman–Crippen MR) is 92.6 cm³/mol. The van der Waals surface area contributed by atoms with E-state index >= 15 is 0 Å². The third-order valence-corrected chi connectivity index (χ3v) is 5.39. The minimum absolute atomic E-state index is 0.0767. The van der Waals surface area contributed by atoms with Crippen molar-refractivity contribution in [1.82, 2.24) is 5.32 Å². The highest BCUT2D eigenvalue weighted by atomic mass is 32.2. The van der Waals surface area contributed by atoms with Gasteiger partial charge >= 0.3 is 0 Å². The number of halogens is 1. The molecule has 2 aromatic rings. The molecule has 4 heteroatoms. The van der Waals surface area contributed by atoms with E-state index in [0.717, 1.165) is 40.0 Å². The number of nitrogens with one attached hydrogen (secondary N) is 1. The summed E-state index contributed by atoms with van der Waals surface area (Å²) in [5.41, 5.74) is 4.72. The van der Waals surface area contributed by atoms with Gasteiger partial charge in [0.05, 0.1) is 6.04 Å². The van der Waals surface area contributed by atoms with E-state index in [-0.39, 0.29) is 17.8 Å². The molecule has 1 unspecified atom stereocenters. The second kappa shape index (κ2) is 6.36. The molecule has 2 nitrogen and oxygen atoms in total. The molecule has 1 heterocycles. The molecule has 1 N–H and O–H groups in total. The smallest absolute Gasteiger partial charge is 0.252 e. The van der Waals surface area contributed by atoms with Gasteiger partial charge in [-0.15, -0.1) is 11.8 Å². The van der Waals surface area contributed by atoms with Crippen molar-refractivity contribution >= 4 is 17.7 Å². The third-order valence-electron chi connectivity index (χ3n) is 4.24. The number of benzene rings is 2. The summed E-state index contributed by atoms with van der Waals surface area (Å²) in [6.07, 6.45) is 0.816. The first-order valence-electron chi connectivity index (χ1n) is 7.77. The molecule has 120 valence electrons. The van der Waals surface area contributed by atoms with Crippen molar-refractivity contribution in [2.45, 2.75) is 38.1 Å². The summed E-state index contributed by atoms with van der Waals surface area (Å²) in [6.45, 7) is 5.94. The van der Waals surface area contributed by atoms with Gasteiger partial charge in [-0.2, -0.15) is 0 Å². The molecule has 1 amide bonds. The number of hydrogen-bond donors (Lipinski definition) is 1. The average molecular weight is 329 g/mol. The first-order valence-corrected chi connectivity index (χ1v) is 8.76. The van der Waals surface area contributed by atoms with Gasteiger partial charge in [0.25, 0.3) is 5.91 Å². The number of fused-ring (bicyclic) bond motifs is 1. The van der Waals surface area contributed by atoms with Crippen LogP contribution in [0.15, 0.2) is 35.2 Å². The lowest BCUT2D eigenvalue weighted by Crippen LogP contribution is -2.31. The summed E-state index contributed by atoms with van der Waals surface area (Å²) in [4.78, 5) is 13.4. The maximum atomic E-state index is 13.9. The van der Waals surface area contributed by atoms with Gasteiger partial charge in [-0.25, -0.2) is 4.39 Å². The second-order valence-corrected chi connectivity index (χ2v) is 7.20. The Bertz CT molecular complexity index is 749. The molecule has 0 bridgehead atoms. The Balaban J connectivity index is 1.90. The van der Waals surface area contributed by atoms with Gasteiger partial charge in [-0.3, -0.25) is 4.79 Å². The molecule has 0 radical (unpaired) electrons. The van der Waals surface area contributed by atoms with Gasteiger partial charge in [0.1, 0.15) is 5.82 Å². The molecule has 2 aromatic carbocycles. The summed E-state index contributed by atoms with van der Waals surface area (Å²) in [6, 6.07) is 9.00. The second-order valence-electron chi connectivity index (χ2n) is 6.10. The Hall–Kier alpha value is -1.81. The molecule has 0 fully saturated rings.